The third-order valence-electron chi connectivity index (χ3n) is 2.52. The Morgan fingerprint density at radius 1 is 1.47 bits per heavy atom. The minimum Gasteiger partial charge on any atom is -0.385 e. The third-order valence-corrected chi connectivity index (χ3v) is 2.82. The second kappa shape index (κ2) is 8.72. The molecule has 0 aliphatic carbocycles. The highest BCUT2D eigenvalue weighted by atomic mass is 35.5. The van der Waals surface area contributed by atoms with E-state index in [1.165, 1.54) is 6.20 Å². The molecule has 5 nitrogen and oxygen atoms in total. The molecule has 0 aromatic carbocycles. The Kier molecular flexibility index (Phi) is 7.22. The van der Waals surface area contributed by atoms with Crippen LogP contribution in [0.1, 0.15) is 30.1 Å². The van der Waals surface area contributed by atoms with E-state index in [1.54, 1.807) is 13.2 Å². The van der Waals surface area contributed by atoms with Gasteiger partial charge in [0.25, 0.3) is 5.91 Å². The number of nitrogens with one attached hydrogen (secondary N) is 2. The predicted octanol–water partition coefficient (Wildman–Crippen LogP) is 2.32. The molecule has 0 fully saturated rings. The van der Waals surface area contributed by atoms with Gasteiger partial charge in [0.05, 0.1) is 10.6 Å². The van der Waals surface area contributed by atoms with Gasteiger partial charge in [-0.3, -0.25) is 4.79 Å². The average molecular weight is 286 g/mol. The third kappa shape index (κ3) is 5.44. The molecule has 0 saturated heterocycles. The number of unbranched alkanes of at least 4 members (excludes halogenated alkanes) is 1. The average Bonchev–Trinajstić information content (AvgIpc) is 2.41. The van der Waals surface area contributed by atoms with Crippen molar-refractivity contribution in [3.63, 3.8) is 0 Å². The summed E-state index contributed by atoms with van der Waals surface area (Å²) in [7, 11) is 1.66. The van der Waals surface area contributed by atoms with E-state index in [0.29, 0.717) is 29.6 Å². The Hall–Kier alpha value is -1.33. The fraction of sp³-hybridized carbons (Fsp3) is 0.538. The van der Waals surface area contributed by atoms with Gasteiger partial charge >= 0.3 is 0 Å². The quantitative estimate of drug-likeness (QED) is 0.720. The van der Waals surface area contributed by atoms with Crippen LogP contribution in [0.25, 0.3) is 0 Å². The summed E-state index contributed by atoms with van der Waals surface area (Å²) < 4.78 is 4.94. The second-order valence-electron chi connectivity index (χ2n) is 4.04. The molecule has 1 aromatic rings. The number of hydrogen-bond acceptors (Lipinski definition) is 4. The van der Waals surface area contributed by atoms with Crippen molar-refractivity contribution < 1.29 is 9.53 Å². The zero-order chi connectivity index (χ0) is 14.1. The zero-order valence-corrected chi connectivity index (χ0v) is 12.1. The molecule has 2 N–H and O–H groups in total. The number of carbonyl (C=O) groups excluding carboxylic acids is 1. The van der Waals surface area contributed by atoms with Gasteiger partial charge in [-0.15, -0.1) is 0 Å². The van der Waals surface area contributed by atoms with Crippen LogP contribution in [-0.2, 0) is 4.74 Å². The molecule has 1 rings (SSSR count). The van der Waals surface area contributed by atoms with Gasteiger partial charge in [-0.2, -0.15) is 0 Å². The van der Waals surface area contributed by atoms with Crippen molar-refractivity contribution in [2.75, 3.05) is 32.1 Å². The number of anilines is 1. The van der Waals surface area contributed by atoms with Crippen LogP contribution in [0.4, 0.5) is 5.82 Å². The van der Waals surface area contributed by atoms with E-state index in [-0.39, 0.29) is 5.91 Å². The number of carbonyl (C=O) groups is 1. The Balaban J connectivity index is 2.53. The van der Waals surface area contributed by atoms with E-state index >= 15 is 0 Å². The maximum atomic E-state index is 12.0. The molecule has 0 aliphatic rings. The van der Waals surface area contributed by atoms with Crippen molar-refractivity contribution in [1.29, 1.82) is 0 Å². The molecule has 0 spiro atoms. The van der Waals surface area contributed by atoms with Gasteiger partial charge in [0, 0.05) is 33.0 Å². The summed E-state index contributed by atoms with van der Waals surface area (Å²) in [6.45, 7) is 4.02. The highest BCUT2D eigenvalue weighted by molar-refractivity contribution is 6.33. The number of hydrogen-bond donors (Lipinski definition) is 2. The first kappa shape index (κ1) is 15.7. The number of rotatable bonds is 8. The molecule has 0 unspecified atom stereocenters. The van der Waals surface area contributed by atoms with Crippen LogP contribution in [0, 0.1) is 0 Å². The molecule has 106 valence electrons. The van der Waals surface area contributed by atoms with Gasteiger partial charge in [0.1, 0.15) is 5.82 Å². The van der Waals surface area contributed by atoms with Gasteiger partial charge in [-0.25, -0.2) is 4.98 Å². The van der Waals surface area contributed by atoms with Crippen LogP contribution >= 0.6 is 11.6 Å². The highest BCUT2D eigenvalue weighted by Gasteiger charge is 2.11. The zero-order valence-electron chi connectivity index (χ0n) is 11.3. The van der Waals surface area contributed by atoms with E-state index in [4.69, 9.17) is 16.3 Å². The topological polar surface area (TPSA) is 63.2 Å². The van der Waals surface area contributed by atoms with Crippen LogP contribution in [0.3, 0.4) is 0 Å². The maximum Gasteiger partial charge on any atom is 0.252 e. The summed E-state index contributed by atoms with van der Waals surface area (Å²) in [5, 5.41) is 6.24. The molecule has 1 amide bonds. The summed E-state index contributed by atoms with van der Waals surface area (Å²) in [4.78, 5) is 16.1. The van der Waals surface area contributed by atoms with Crippen molar-refractivity contribution in [2.24, 2.45) is 0 Å². The highest BCUT2D eigenvalue weighted by Crippen LogP contribution is 2.17. The van der Waals surface area contributed by atoms with E-state index in [9.17, 15) is 4.79 Å². The summed E-state index contributed by atoms with van der Waals surface area (Å²) in [5.41, 5.74) is 0.444. The van der Waals surface area contributed by atoms with Crippen LogP contribution in [0.15, 0.2) is 12.3 Å². The fourth-order valence-electron chi connectivity index (χ4n) is 1.56. The molecule has 0 aliphatic heterocycles. The number of nitrogens with zero attached hydrogens (tertiary/aromatic N) is 1. The van der Waals surface area contributed by atoms with Crippen molar-refractivity contribution in [2.45, 2.75) is 19.8 Å². The van der Waals surface area contributed by atoms with Crippen molar-refractivity contribution >= 4 is 23.3 Å². The molecule has 0 saturated carbocycles. The predicted molar refractivity (Wildman–Crippen MR) is 76.9 cm³/mol. The first-order valence-electron chi connectivity index (χ1n) is 6.35. The van der Waals surface area contributed by atoms with Crippen LogP contribution in [0.5, 0.6) is 0 Å². The molecular weight excluding hydrogens is 266 g/mol. The molecular formula is C13H20ClN3O2. The molecule has 1 heterocycles. The Morgan fingerprint density at radius 2 is 2.26 bits per heavy atom. The number of amides is 1. The van der Waals surface area contributed by atoms with Gasteiger partial charge in [-0.1, -0.05) is 11.6 Å². The van der Waals surface area contributed by atoms with E-state index in [1.807, 2.05) is 6.92 Å². The van der Waals surface area contributed by atoms with Gasteiger partial charge in [0.15, 0.2) is 0 Å². The number of pyridine rings is 1. The van der Waals surface area contributed by atoms with Gasteiger partial charge < -0.3 is 15.4 Å². The van der Waals surface area contributed by atoms with Crippen molar-refractivity contribution in [3.05, 3.63) is 22.8 Å². The summed E-state index contributed by atoms with van der Waals surface area (Å²) in [5.74, 6) is 0.473. The Labute approximate surface area is 118 Å². The largest absolute Gasteiger partial charge is 0.385 e. The Bertz CT molecular complexity index is 413. The SMILES string of the molecule is CCNc1cc(C(=O)NCCCCOC)c(Cl)cn1. The number of aromatic nitrogens is 1. The second-order valence-corrected chi connectivity index (χ2v) is 4.44. The monoisotopic (exact) mass is 285 g/mol. The summed E-state index contributed by atoms with van der Waals surface area (Å²) >= 11 is 5.98. The first-order chi connectivity index (χ1) is 9.19. The number of ether oxygens (including phenoxy) is 1. The lowest BCUT2D eigenvalue weighted by molar-refractivity contribution is 0.0951. The van der Waals surface area contributed by atoms with Gasteiger partial charge in [-0.05, 0) is 25.8 Å². The summed E-state index contributed by atoms with van der Waals surface area (Å²) in [6, 6.07) is 1.66. The van der Waals surface area contributed by atoms with Crippen molar-refractivity contribution in [3.8, 4) is 0 Å². The van der Waals surface area contributed by atoms with E-state index in [2.05, 4.69) is 15.6 Å². The maximum absolute atomic E-state index is 12.0. The Morgan fingerprint density at radius 3 is 2.95 bits per heavy atom. The minimum absolute atomic E-state index is 0.177. The normalized spacial score (nSPS) is 10.3. The number of methoxy groups -OCH3 is 1. The molecule has 6 heteroatoms. The van der Waals surface area contributed by atoms with Crippen molar-refractivity contribution in [1.82, 2.24) is 10.3 Å². The first-order valence-corrected chi connectivity index (χ1v) is 6.73. The van der Waals surface area contributed by atoms with E-state index in [0.717, 1.165) is 19.4 Å². The van der Waals surface area contributed by atoms with E-state index < -0.39 is 0 Å². The van der Waals surface area contributed by atoms with Crippen LogP contribution < -0.4 is 10.6 Å². The molecule has 0 bridgehead atoms. The molecule has 0 radical (unpaired) electrons. The van der Waals surface area contributed by atoms with Crippen LogP contribution in [0.2, 0.25) is 5.02 Å². The standard InChI is InChI=1S/C13H20ClN3O2/c1-3-15-12-8-10(11(14)9-17-12)13(18)16-6-4-5-7-19-2/h8-9H,3-7H2,1-2H3,(H,15,17)(H,16,18). The lowest BCUT2D eigenvalue weighted by Crippen LogP contribution is -2.25. The summed E-state index contributed by atoms with van der Waals surface area (Å²) in [6.07, 6.45) is 3.28. The lowest BCUT2D eigenvalue weighted by Gasteiger charge is -2.08. The lowest BCUT2D eigenvalue weighted by atomic mass is 10.2. The van der Waals surface area contributed by atoms with Crippen LogP contribution in [-0.4, -0.2) is 37.7 Å². The smallest absolute Gasteiger partial charge is 0.252 e. The molecule has 1 aromatic heterocycles. The fourth-order valence-corrected chi connectivity index (χ4v) is 1.75. The van der Waals surface area contributed by atoms with Gasteiger partial charge in [0.2, 0.25) is 0 Å². The molecule has 19 heavy (non-hydrogen) atoms. The minimum atomic E-state index is -0.177. The number of halogens is 1. The molecule has 0 atom stereocenters.